The minimum absolute atomic E-state index is 0.151. The lowest BCUT2D eigenvalue weighted by Gasteiger charge is -2.36. The third-order valence-electron chi connectivity index (χ3n) is 7.01. The van der Waals surface area contributed by atoms with E-state index in [2.05, 4.69) is 51.5 Å². The fraction of sp³-hybridized carbons (Fsp3) is 0.440. The van der Waals surface area contributed by atoms with E-state index in [1.807, 2.05) is 19.1 Å². The van der Waals surface area contributed by atoms with Crippen LogP contribution in [0.5, 0.6) is 0 Å². The number of rotatable bonds is 5. The van der Waals surface area contributed by atoms with Crippen molar-refractivity contribution >= 4 is 11.9 Å². The van der Waals surface area contributed by atoms with Crippen molar-refractivity contribution in [2.75, 3.05) is 32.8 Å². The van der Waals surface area contributed by atoms with Gasteiger partial charge >= 0.3 is 6.03 Å². The summed E-state index contributed by atoms with van der Waals surface area (Å²) in [5, 5.41) is 2.97. The molecule has 31 heavy (non-hydrogen) atoms. The quantitative estimate of drug-likeness (QED) is 0.759. The van der Waals surface area contributed by atoms with Gasteiger partial charge in [0, 0.05) is 32.7 Å². The summed E-state index contributed by atoms with van der Waals surface area (Å²) in [6.45, 7) is 6.68. The van der Waals surface area contributed by atoms with Gasteiger partial charge in [-0.1, -0.05) is 48.5 Å². The molecule has 162 valence electrons. The van der Waals surface area contributed by atoms with Crippen LogP contribution in [-0.2, 0) is 29.7 Å². The maximum absolute atomic E-state index is 13.3. The van der Waals surface area contributed by atoms with E-state index in [4.69, 9.17) is 0 Å². The second-order valence-corrected chi connectivity index (χ2v) is 9.15. The number of hydrogen-bond acceptors (Lipinski definition) is 4. The molecule has 2 aromatic rings. The second-order valence-electron chi connectivity index (χ2n) is 9.15. The summed E-state index contributed by atoms with van der Waals surface area (Å²) in [6.07, 6.45) is 3.32. The number of benzene rings is 2. The SMILES string of the molecule is CC1(c2ccc3c(c2)CCC3)NC(=O)N(CN2CCN(Cc3ccccc3)CC2)C1=O. The van der Waals surface area contributed by atoms with Crippen molar-refractivity contribution in [1.29, 1.82) is 0 Å². The molecule has 2 aromatic carbocycles. The number of amides is 3. The Morgan fingerprint density at radius 2 is 1.61 bits per heavy atom. The molecule has 0 radical (unpaired) electrons. The lowest BCUT2D eigenvalue weighted by molar-refractivity contribution is -0.132. The standard InChI is InChI=1S/C25H30N4O2/c1-25(22-11-10-20-8-5-9-21(20)16-22)23(30)29(24(31)26-25)18-28-14-12-27(13-15-28)17-19-6-3-2-4-7-19/h2-4,6-7,10-11,16H,5,8-9,12-15,17-18H2,1H3,(H,26,31). The number of carbonyl (C=O) groups excluding carboxylic acids is 2. The topological polar surface area (TPSA) is 55.9 Å². The summed E-state index contributed by atoms with van der Waals surface area (Å²) in [7, 11) is 0. The van der Waals surface area contributed by atoms with E-state index < -0.39 is 5.54 Å². The van der Waals surface area contributed by atoms with Gasteiger partial charge in [-0.2, -0.15) is 0 Å². The first-order valence-electron chi connectivity index (χ1n) is 11.3. The molecule has 1 N–H and O–H groups in total. The zero-order valence-electron chi connectivity index (χ0n) is 18.1. The molecule has 2 heterocycles. The van der Waals surface area contributed by atoms with Gasteiger partial charge in [-0.05, 0) is 48.4 Å². The Morgan fingerprint density at radius 3 is 2.39 bits per heavy atom. The highest BCUT2D eigenvalue weighted by atomic mass is 16.2. The van der Waals surface area contributed by atoms with Crippen molar-refractivity contribution in [2.24, 2.45) is 0 Å². The van der Waals surface area contributed by atoms with E-state index >= 15 is 0 Å². The predicted octanol–water partition coefficient (Wildman–Crippen LogP) is 2.72. The van der Waals surface area contributed by atoms with Crippen molar-refractivity contribution in [3.63, 3.8) is 0 Å². The van der Waals surface area contributed by atoms with Crippen LogP contribution in [0.4, 0.5) is 4.79 Å². The van der Waals surface area contributed by atoms with Crippen molar-refractivity contribution in [3.8, 4) is 0 Å². The van der Waals surface area contributed by atoms with Gasteiger partial charge in [0.25, 0.3) is 5.91 Å². The molecule has 0 spiro atoms. The van der Waals surface area contributed by atoms with E-state index in [1.165, 1.54) is 21.6 Å². The first kappa shape index (κ1) is 20.2. The number of carbonyl (C=O) groups is 2. The lowest BCUT2D eigenvalue weighted by atomic mass is 9.90. The Balaban J connectivity index is 1.22. The van der Waals surface area contributed by atoms with Crippen LogP contribution >= 0.6 is 0 Å². The zero-order valence-corrected chi connectivity index (χ0v) is 18.1. The Hall–Kier alpha value is -2.70. The first-order chi connectivity index (χ1) is 15.0. The van der Waals surface area contributed by atoms with Crippen molar-refractivity contribution in [2.45, 2.75) is 38.3 Å². The fourth-order valence-electron chi connectivity index (χ4n) is 5.03. The average Bonchev–Trinajstić information content (AvgIpc) is 3.34. The summed E-state index contributed by atoms with van der Waals surface area (Å²) in [5.74, 6) is -0.151. The fourth-order valence-corrected chi connectivity index (χ4v) is 5.03. The van der Waals surface area contributed by atoms with E-state index in [0.29, 0.717) is 6.67 Å². The summed E-state index contributed by atoms with van der Waals surface area (Å²) in [4.78, 5) is 32.1. The summed E-state index contributed by atoms with van der Waals surface area (Å²) in [6, 6.07) is 16.4. The highest BCUT2D eigenvalue weighted by Gasteiger charge is 2.49. The highest BCUT2D eigenvalue weighted by molar-refractivity contribution is 6.07. The molecular weight excluding hydrogens is 388 g/mol. The van der Waals surface area contributed by atoms with Crippen LogP contribution in [0.2, 0.25) is 0 Å². The minimum Gasteiger partial charge on any atom is -0.319 e. The molecular formula is C25H30N4O2. The second kappa shape index (κ2) is 8.09. The number of urea groups is 1. The normalized spacial score (nSPS) is 24.5. The summed E-state index contributed by atoms with van der Waals surface area (Å²) >= 11 is 0. The van der Waals surface area contributed by atoms with Gasteiger partial charge in [-0.25, -0.2) is 9.69 Å². The Kier molecular flexibility index (Phi) is 5.28. The third-order valence-corrected chi connectivity index (χ3v) is 7.01. The molecule has 3 aliphatic rings. The minimum atomic E-state index is -0.982. The molecule has 6 heteroatoms. The molecule has 2 saturated heterocycles. The number of piperazine rings is 1. The van der Waals surface area contributed by atoms with Gasteiger partial charge in [-0.15, -0.1) is 0 Å². The van der Waals surface area contributed by atoms with Crippen LogP contribution in [0, 0.1) is 0 Å². The molecule has 1 aliphatic carbocycles. The van der Waals surface area contributed by atoms with E-state index in [0.717, 1.165) is 57.5 Å². The number of aryl methyl sites for hydroxylation is 2. The predicted molar refractivity (Wildman–Crippen MR) is 119 cm³/mol. The molecule has 1 atom stereocenters. The molecule has 2 aliphatic heterocycles. The van der Waals surface area contributed by atoms with Gasteiger partial charge in [-0.3, -0.25) is 14.6 Å². The molecule has 2 fully saturated rings. The molecule has 0 bridgehead atoms. The molecule has 1 unspecified atom stereocenters. The van der Waals surface area contributed by atoms with Crippen LogP contribution in [0.1, 0.15) is 35.6 Å². The number of nitrogens with zero attached hydrogens (tertiary/aromatic N) is 3. The van der Waals surface area contributed by atoms with E-state index in [1.54, 1.807) is 0 Å². The molecule has 0 aromatic heterocycles. The van der Waals surface area contributed by atoms with Crippen molar-refractivity contribution in [3.05, 3.63) is 70.8 Å². The largest absolute Gasteiger partial charge is 0.326 e. The Bertz CT molecular complexity index is 984. The van der Waals surface area contributed by atoms with Gasteiger partial charge in [0.15, 0.2) is 0 Å². The maximum Gasteiger partial charge on any atom is 0.326 e. The number of hydrogen-bond donors (Lipinski definition) is 1. The van der Waals surface area contributed by atoms with E-state index in [9.17, 15) is 9.59 Å². The summed E-state index contributed by atoms with van der Waals surface area (Å²) in [5.41, 5.74) is 3.91. The first-order valence-corrected chi connectivity index (χ1v) is 11.3. The Morgan fingerprint density at radius 1 is 0.903 bits per heavy atom. The van der Waals surface area contributed by atoms with Gasteiger partial charge < -0.3 is 5.32 Å². The third kappa shape index (κ3) is 3.86. The van der Waals surface area contributed by atoms with Gasteiger partial charge in [0.2, 0.25) is 0 Å². The summed E-state index contributed by atoms with van der Waals surface area (Å²) < 4.78 is 0. The van der Waals surface area contributed by atoms with Crippen LogP contribution in [-0.4, -0.2) is 59.5 Å². The number of nitrogens with one attached hydrogen (secondary N) is 1. The maximum atomic E-state index is 13.3. The van der Waals surface area contributed by atoms with Crippen LogP contribution in [0.15, 0.2) is 48.5 Å². The molecule has 6 nitrogen and oxygen atoms in total. The number of fused-ring (bicyclic) bond motifs is 1. The van der Waals surface area contributed by atoms with Crippen LogP contribution in [0.25, 0.3) is 0 Å². The molecule has 5 rings (SSSR count). The smallest absolute Gasteiger partial charge is 0.319 e. The lowest BCUT2D eigenvalue weighted by Crippen LogP contribution is -2.51. The average molecular weight is 419 g/mol. The van der Waals surface area contributed by atoms with Gasteiger partial charge in [0.05, 0.1) is 6.67 Å². The molecule has 3 amide bonds. The zero-order chi connectivity index (χ0) is 21.4. The monoisotopic (exact) mass is 418 g/mol. The van der Waals surface area contributed by atoms with Crippen molar-refractivity contribution < 1.29 is 9.59 Å². The van der Waals surface area contributed by atoms with E-state index in [-0.39, 0.29) is 11.9 Å². The molecule has 0 saturated carbocycles. The number of imide groups is 1. The van der Waals surface area contributed by atoms with Crippen molar-refractivity contribution in [1.82, 2.24) is 20.0 Å². The van der Waals surface area contributed by atoms with Crippen LogP contribution in [0.3, 0.4) is 0 Å². The van der Waals surface area contributed by atoms with Gasteiger partial charge in [0.1, 0.15) is 5.54 Å². The highest BCUT2D eigenvalue weighted by Crippen LogP contribution is 2.32. The van der Waals surface area contributed by atoms with Crippen LogP contribution < -0.4 is 5.32 Å². The Labute approximate surface area is 183 Å².